The molecule has 1 atom stereocenters. The lowest BCUT2D eigenvalue weighted by atomic mass is 9.75. The number of carboxylic acids is 1. The molecule has 134 valence electrons. The smallest absolute Gasteiger partial charge is 0.311 e. The first kappa shape index (κ1) is 17.7. The predicted molar refractivity (Wildman–Crippen MR) is 96.3 cm³/mol. The van der Waals surface area contributed by atoms with E-state index in [4.69, 9.17) is 4.74 Å². The van der Waals surface area contributed by atoms with Crippen LogP contribution in [0.2, 0.25) is 0 Å². The second-order valence-electron chi connectivity index (χ2n) is 6.42. The maximum absolute atomic E-state index is 12.2. The van der Waals surface area contributed by atoms with Gasteiger partial charge in [0.15, 0.2) is 5.13 Å². The number of nitrogens with zero attached hydrogens (tertiary/aromatic N) is 2. The molecule has 1 aromatic carbocycles. The van der Waals surface area contributed by atoms with Gasteiger partial charge in [-0.05, 0) is 37.0 Å². The molecule has 0 aliphatic carbocycles. The Morgan fingerprint density at radius 2 is 2.32 bits per heavy atom. The predicted octanol–water partition coefficient (Wildman–Crippen LogP) is 2.56. The summed E-state index contributed by atoms with van der Waals surface area (Å²) < 4.78 is 5.25. The fourth-order valence-corrected chi connectivity index (χ4v) is 4.22. The third-order valence-corrected chi connectivity index (χ3v) is 5.63. The van der Waals surface area contributed by atoms with Gasteiger partial charge in [-0.15, -0.1) is 11.3 Å². The third kappa shape index (κ3) is 3.77. The van der Waals surface area contributed by atoms with Gasteiger partial charge in [0.1, 0.15) is 5.75 Å². The van der Waals surface area contributed by atoms with Crippen LogP contribution in [-0.2, 0) is 17.8 Å². The Morgan fingerprint density at radius 3 is 3.00 bits per heavy atom. The molecule has 2 heterocycles. The van der Waals surface area contributed by atoms with E-state index < -0.39 is 11.4 Å². The normalized spacial score (nSPS) is 20.5. The number of rotatable bonds is 6. The number of carboxylic acid groups (broad SMARTS) is 1. The second-order valence-corrected chi connectivity index (χ2v) is 7.25. The summed E-state index contributed by atoms with van der Waals surface area (Å²) in [5, 5.41) is 21.8. The van der Waals surface area contributed by atoms with Crippen molar-refractivity contribution in [2.45, 2.75) is 25.9 Å². The van der Waals surface area contributed by atoms with Crippen LogP contribution in [0.5, 0.6) is 5.75 Å². The highest BCUT2D eigenvalue weighted by molar-refractivity contribution is 7.13. The summed E-state index contributed by atoms with van der Waals surface area (Å²) in [7, 11) is 1.61. The number of carbonyl (C=O) groups is 1. The lowest BCUT2D eigenvalue weighted by molar-refractivity contribution is -0.149. The number of ether oxygens (including phenoxy) is 1. The molecule has 1 aliphatic heterocycles. The van der Waals surface area contributed by atoms with E-state index in [2.05, 4.69) is 4.98 Å². The maximum Gasteiger partial charge on any atom is 0.311 e. The van der Waals surface area contributed by atoms with Crippen LogP contribution in [0, 0.1) is 5.41 Å². The SMILES string of the molecule is COc1cccc(CC2(C(=O)O)CCCN(c3nc(CO)cs3)C2)c1. The lowest BCUT2D eigenvalue weighted by Gasteiger charge is -2.40. The number of anilines is 1. The first-order valence-electron chi connectivity index (χ1n) is 8.23. The second kappa shape index (κ2) is 7.41. The van der Waals surface area contributed by atoms with Gasteiger partial charge in [-0.1, -0.05) is 12.1 Å². The fourth-order valence-electron chi connectivity index (χ4n) is 3.38. The molecule has 3 rings (SSSR count). The van der Waals surface area contributed by atoms with Crippen LogP contribution in [0.25, 0.3) is 0 Å². The van der Waals surface area contributed by atoms with Crippen LogP contribution in [-0.4, -0.2) is 41.4 Å². The molecule has 2 N–H and O–H groups in total. The minimum Gasteiger partial charge on any atom is -0.497 e. The molecule has 1 saturated heterocycles. The van der Waals surface area contributed by atoms with E-state index in [1.54, 1.807) is 7.11 Å². The number of hydrogen-bond acceptors (Lipinski definition) is 6. The van der Waals surface area contributed by atoms with Crippen LogP contribution in [0.4, 0.5) is 5.13 Å². The Bertz CT molecular complexity index is 748. The summed E-state index contributed by atoms with van der Waals surface area (Å²) in [5.41, 5.74) is 0.730. The minimum absolute atomic E-state index is 0.0990. The summed E-state index contributed by atoms with van der Waals surface area (Å²) in [6, 6.07) is 7.59. The third-order valence-electron chi connectivity index (χ3n) is 4.68. The molecule has 1 unspecified atom stereocenters. The molecule has 0 saturated carbocycles. The number of aromatic nitrogens is 1. The first-order valence-corrected chi connectivity index (χ1v) is 9.11. The number of hydrogen-bond donors (Lipinski definition) is 2. The van der Waals surface area contributed by atoms with Crippen molar-refractivity contribution in [3.8, 4) is 5.75 Å². The summed E-state index contributed by atoms with van der Waals surface area (Å²) in [5.74, 6) is -0.0443. The molecule has 0 bridgehead atoms. The van der Waals surface area contributed by atoms with Gasteiger partial charge in [-0.3, -0.25) is 4.79 Å². The Balaban J connectivity index is 1.84. The molecule has 1 fully saturated rings. The highest BCUT2D eigenvalue weighted by Crippen LogP contribution is 2.37. The molecular weight excluding hydrogens is 340 g/mol. The summed E-state index contributed by atoms with van der Waals surface area (Å²) in [6.07, 6.45) is 1.88. The molecule has 0 amide bonds. The topological polar surface area (TPSA) is 82.9 Å². The number of aliphatic hydroxyl groups excluding tert-OH is 1. The molecule has 1 aliphatic rings. The number of aliphatic hydroxyl groups is 1. The number of piperidine rings is 1. The molecule has 1 aromatic heterocycles. The van der Waals surface area contributed by atoms with E-state index in [1.807, 2.05) is 34.5 Å². The number of methoxy groups -OCH3 is 1. The Morgan fingerprint density at radius 1 is 1.48 bits per heavy atom. The number of thiazole rings is 1. The van der Waals surface area contributed by atoms with E-state index in [0.717, 1.165) is 29.4 Å². The average Bonchev–Trinajstić information content (AvgIpc) is 3.11. The summed E-state index contributed by atoms with van der Waals surface area (Å²) >= 11 is 1.45. The van der Waals surface area contributed by atoms with Crippen molar-refractivity contribution in [1.29, 1.82) is 0 Å². The van der Waals surface area contributed by atoms with Crippen molar-refractivity contribution >= 4 is 22.4 Å². The Hall–Kier alpha value is -2.12. The van der Waals surface area contributed by atoms with Gasteiger partial charge in [0.05, 0.1) is 24.8 Å². The molecule has 2 aromatic rings. The highest BCUT2D eigenvalue weighted by Gasteiger charge is 2.43. The monoisotopic (exact) mass is 362 g/mol. The van der Waals surface area contributed by atoms with E-state index in [-0.39, 0.29) is 6.61 Å². The number of aliphatic carboxylic acids is 1. The van der Waals surface area contributed by atoms with Crippen LogP contribution in [0.3, 0.4) is 0 Å². The largest absolute Gasteiger partial charge is 0.497 e. The zero-order chi connectivity index (χ0) is 17.9. The molecule has 0 spiro atoms. The van der Waals surface area contributed by atoms with Crippen LogP contribution in [0.1, 0.15) is 24.1 Å². The highest BCUT2D eigenvalue weighted by atomic mass is 32.1. The van der Waals surface area contributed by atoms with Gasteiger partial charge < -0.3 is 19.8 Å². The van der Waals surface area contributed by atoms with Crippen LogP contribution < -0.4 is 9.64 Å². The van der Waals surface area contributed by atoms with E-state index in [1.165, 1.54) is 11.3 Å². The van der Waals surface area contributed by atoms with Crippen molar-refractivity contribution < 1.29 is 19.7 Å². The standard InChI is InChI=1S/C18H22N2O4S/c1-24-15-5-2-4-13(8-15)9-18(16(22)23)6-3-7-20(12-18)17-19-14(10-21)11-25-17/h2,4-5,8,11,21H,3,6-7,9-10,12H2,1H3,(H,22,23). The molecule has 7 heteroatoms. The average molecular weight is 362 g/mol. The molecular formula is C18H22N2O4S. The van der Waals surface area contributed by atoms with Gasteiger partial charge in [0.2, 0.25) is 0 Å². The van der Waals surface area contributed by atoms with Crippen LogP contribution >= 0.6 is 11.3 Å². The van der Waals surface area contributed by atoms with E-state index in [0.29, 0.717) is 25.1 Å². The maximum atomic E-state index is 12.2. The summed E-state index contributed by atoms with van der Waals surface area (Å²) in [6.45, 7) is 1.10. The van der Waals surface area contributed by atoms with Gasteiger partial charge in [0, 0.05) is 18.5 Å². The quantitative estimate of drug-likeness (QED) is 0.822. The van der Waals surface area contributed by atoms with Crippen molar-refractivity contribution in [1.82, 2.24) is 4.98 Å². The van der Waals surface area contributed by atoms with Gasteiger partial charge in [-0.2, -0.15) is 0 Å². The Kier molecular flexibility index (Phi) is 5.24. The van der Waals surface area contributed by atoms with Crippen molar-refractivity contribution in [3.63, 3.8) is 0 Å². The molecule has 0 radical (unpaired) electrons. The number of benzene rings is 1. The van der Waals surface area contributed by atoms with Crippen molar-refractivity contribution in [2.24, 2.45) is 5.41 Å². The van der Waals surface area contributed by atoms with E-state index >= 15 is 0 Å². The zero-order valence-electron chi connectivity index (χ0n) is 14.1. The fraction of sp³-hybridized carbons (Fsp3) is 0.444. The summed E-state index contributed by atoms with van der Waals surface area (Å²) in [4.78, 5) is 18.6. The Labute approximate surface area is 150 Å². The minimum atomic E-state index is -0.852. The van der Waals surface area contributed by atoms with Gasteiger partial charge in [-0.25, -0.2) is 4.98 Å². The zero-order valence-corrected chi connectivity index (χ0v) is 15.0. The van der Waals surface area contributed by atoms with Crippen molar-refractivity contribution in [2.75, 3.05) is 25.1 Å². The van der Waals surface area contributed by atoms with Crippen molar-refractivity contribution in [3.05, 3.63) is 40.9 Å². The van der Waals surface area contributed by atoms with Gasteiger partial charge >= 0.3 is 5.97 Å². The van der Waals surface area contributed by atoms with Gasteiger partial charge in [0.25, 0.3) is 0 Å². The lowest BCUT2D eigenvalue weighted by Crippen LogP contribution is -2.49. The van der Waals surface area contributed by atoms with E-state index in [9.17, 15) is 15.0 Å². The first-order chi connectivity index (χ1) is 12.1. The molecule has 6 nitrogen and oxygen atoms in total. The molecule has 25 heavy (non-hydrogen) atoms. The van der Waals surface area contributed by atoms with Crippen LogP contribution in [0.15, 0.2) is 29.6 Å².